The quantitative estimate of drug-likeness (QED) is 0.0457. The topological polar surface area (TPSA) is 235 Å². The fraction of sp³-hybridized carbons (Fsp3) is 0.529. The Bertz CT molecular complexity index is 1470. The normalized spacial score (nSPS) is 13.6. The van der Waals surface area contributed by atoms with E-state index in [1.54, 1.807) is 49.4 Å². The van der Waals surface area contributed by atoms with E-state index < -0.39 is 12.1 Å². The van der Waals surface area contributed by atoms with Gasteiger partial charge in [0.25, 0.3) is 5.91 Å². The fourth-order valence-electron chi connectivity index (χ4n) is 4.95. The van der Waals surface area contributed by atoms with Crippen molar-refractivity contribution in [3.63, 3.8) is 0 Å². The molecule has 0 spiro atoms. The largest absolute Gasteiger partial charge is 0.465 e. The number of hydrogen-bond donors (Lipinski definition) is 5. The number of ether oxygens (including phenoxy) is 5. The third-order valence-corrected chi connectivity index (χ3v) is 7.75. The number of hydrogen-bond acceptors (Lipinski definition) is 10. The summed E-state index contributed by atoms with van der Waals surface area (Å²) >= 11 is 0. The zero-order valence-corrected chi connectivity index (χ0v) is 29.3. The third-order valence-electron chi connectivity index (χ3n) is 7.75. The number of urea groups is 1. The molecule has 0 radical (unpaired) electrons. The molecule has 1 fully saturated rings. The Kier molecular flexibility index (Phi) is 19.3. The van der Waals surface area contributed by atoms with Crippen molar-refractivity contribution in [3.05, 3.63) is 69.6 Å². The molecule has 1 saturated heterocycles. The molecule has 0 unspecified atom stereocenters. The highest BCUT2D eigenvalue weighted by atomic mass is 16.6. The SMILES string of the molecule is Cc1c(NC(=O)Nc2ccc(CNC(=O)[C@H]3CCN(C(=O)O)C3)cc2)cccc1C(=O)NCCOCCOCCOCCOCCOCCN=[N+]=[N-]. The number of benzene rings is 2. The predicted molar refractivity (Wildman–Crippen MR) is 190 cm³/mol. The lowest BCUT2D eigenvalue weighted by atomic mass is 10.1. The molecule has 1 heterocycles. The van der Waals surface area contributed by atoms with Gasteiger partial charge in [0, 0.05) is 54.6 Å². The number of likely N-dealkylation sites (tertiary alicyclic amines) is 1. The second-order valence-corrected chi connectivity index (χ2v) is 11.5. The number of carbonyl (C=O) groups excluding carboxylic acids is 3. The van der Waals surface area contributed by atoms with Crippen molar-refractivity contribution < 1.29 is 48.0 Å². The van der Waals surface area contributed by atoms with Crippen LogP contribution in [0.3, 0.4) is 0 Å². The summed E-state index contributed by atoms with van der Waals surface area (Å²) in [6.07, 6.45) is -0.526. The van der Waals surface area contributed by atoms with Crippen molar-refractivity contribution in [2.75, 3.05) is 103 Å². The van der Waals surface area contributed by atoms with E-state index in [9.17, 15) is 19.2 Å². The number of carboxylic acid groups (broad SMARTS) is 1. The van der Waals surface area contributed by atoms with Gasteiger partial charge < -0.3 is 55.0 Å². The molecule has 2 aromatic carbocycles. The molecule has 0 aliphatic carbocycles. The Balaban J connectivity index is 1.23. The van der Waals surface area contributed by atoms with Gasteiger partial charge in [-0.3, -0.25) is 9.59 Å². The van der Waals surface area contributed by atoms with E-state index in [-0.39, 0.29) is 30.8 Å². The zero-order chi connectivity index (χ0) is 37.4. The highest BCUT2D eigenvalue weighted by molar-refractivity contribution is 6.02. The molecule has 2 aromatic rings. The standard InChI is InChI=1S/C34H48N8O10/c1-25-29(32(44)36-10-13-48-15-17-50-19-21-52-22-20-51-18-16-49-14-11-38-41-35)3-2-4-30(25)40-33(45)39-28-7-5-26(6-8-28)23-37-31(43)27-9-12-42(24-27)34(46)47/h2-8,27H,9-24H2,1H3,(H,36,44)(H,37,43)(H,46,47)(H2,39,40,45)/t27-/m0/s1. The van der Waals surface area contributed by atoms with Crippen LogP contribution in [-0.4, -0.2) is 126 Å². The van der Waals surface area contributed by atoms with Gasteiger partial charge in [0.05, 0.1) is 72.0 Å². The highest BCUT2D eigenvalue weighted by Crippen LogP contribution is 2.20. The average molecular weight is 729 g/mol. The summed E-state index contributed by atoms with van der Waals surface area (Å²) in [7, 11) is 0. The molecular formula is C34H48N8O10. The number of nitrogens with one attached hydrogen (secondary N) is 4. The highest BCUT2D eigenvalue weighted by Gasteiger charge is 2.30. The molecular weight excluding hydrogens is 680 g/mol. The van der Waals surface area contributed by atoms with Gasteiger partial charge in [0.2, 0.25) is 5.91 Å². The number of azide groups is 1. The molecule has 0 bridgehead atoms. The summed E-state index contributed by atoms with van der Waals surface area (Å²) in [6.45, 7) is 7.13. The first kappa shape index (κ1) is 41.5. The predicted octanol–water partition coefficient (Wildman–Crippen LogP) is 3.38. The van der Waals surface area contributed by atoms with E-state index in [4.69, 9.17) is 34.3 Å². The minimum absolute atomic E-state index is 0.190. The van der Waals surface area contributed by atoms with E-state index in [1.807, 2.05) is 0 Å². The van der Waals surface area contributed by atoms with Crippen molar-refractivity contribution in [3.8, 4) is 0 Å². The van der Waals surface area contributed by atoms with Gasteiger partial charge in [0.15, 0.2) is 0 Å². The number of amides is 5. The Hall–Kier alpha value is -4.97. The van der Waals surface area contributed by atoms with E-state index >= 15 is 0 Å². The molecule has 18 nitrogen and oxygen atoms in total. The van der Waals surface area contributed by atoms with E-state index in [0.29, 0.717) is 115 Å². The first-order valence-corrected chi connectivity index (χ1v) is 17.0. The molecule has 0 saturated carbocycles. The van der Waals surface area contributed by atoms with Gasteiger partial charge in [-0.15, -0.1) is 0 Å². The van der Waals surface area contributed by atoms with Crippen molar-refractivity contribution in [2.24, 2.45) is 11.0 Å². The second-order valence-electron chi connectivity index (χ2n) is 11.5. The lowest BCUT2D eigenvalue weighted by molar-refractivity contribution is -0.124. The van der Waals surface area contributed by atoms with Crippen LogP contribution >= 0.6 is 0 Å². The van der Waals surface area contributed by atoms with Crippen molar-refractivity contribution >= 4 is 35.3 Å². The lowest BCUT2D eigenvalue weighted by Gasteiger charge is -2.14. The molecule has 3 rings (SSSR count). The monoisotopic (exact) mass is 728 g/mol. The first-order chi connectivity index (χ1) is 25.3. The Morgan fingerprint density at radius 3 is 2.06 bits per heavy atom. The van der Waals surface area contributed by atoms with Crippen LogP contribution in [0.25, 0.3) is 10.4 Å². The van der Waals surface area contributed by atoms with Gasteiger partial charge >= 0.3 is 12.1 Å². The number of anilines is 2. The minimum atomic E-state index is -1.02. The molecule has 0 aromatic heterocycles. The Morgan fingerprint density at radius 2 is 1.46 bits per heavy atom. The molecule has 52 heavy (non-hydrogen) atoms. The van der Waals surface area contributed by atoms with Gasteiger partial charge in [0.1, 0.15) is 0 Å². The van der Waals surface area contributed by atoms with Gasteiger partial charge in [-0.25, -0.2) is 9.59 Å². The summed E-state index contributed by atoms with van der Waals surface area (Å²) in [5.41, 5.74) is 11.0. The molecule has 18 heteroatoms. The fourth-order valence-corrected chi connectivity index (χ4v) is 4.95. The van der Waals surface area contributed by atoms with Crippen LogP contribution in [0.4, 0.5) is 21.0 Å². The average Bonchev–Trinajstić information content (AvgIpc) is 3.64. The van der Waals surface area contributed by atoms with Crippen LogP contribution in [0.5, 0.6) is 0 Å². The van der Waals surface area contributed by atoms with Crippen LogP contribution in [0.15, 0.2) is 47.6 Å². The summed E-state index contributed by atoms with van der Waals surface area (Å²) < 4.78 is 27.0. The molecule has 1 atom stereocenters. The first-order valence-electron chi connectivity index (χ1n) is 17.0. The van der Waals surface area contributed by atoms with Gasteiger partial charge in [-0.05, 0) is 54.3 Å². The number of rotatable bonds is 24. The van der Waals surface area contributed by atoms with E-state index in [0.717, 1.165) is 5.56 Å². The summed E-state index contributed by atoms with van der Waals surface area (Å²) in [6, 6.07) is 11.5. The molecule has 1 aliphatic rings. The Morgan fingerprint density at radius 1 is 0.846 bits per heavy atom. The van der Waals surface area contributed by atoms with Crippen LogP contribution in [-0.2, 0) is 35.0 Å². The van der Waals surface area contributed by atoms with Gasteiger partial charge in [-0.1, -0.05) is 23.3 Å². The minimum Gasteiger partial charge on any atom is -0.465 e. The van der Waals surface area contributed by atoms with Crippen molar-refractivity contribution in [1.29, 1.82) is 0 Å². The zero-order valence-electron chi connectivity index (χ0n) is 29.3. The van der Waals surface area contributed by atoms with Crippen LogP contribution in [0.2, 0.25) is 0 Å². The summed E-state index contributed by atoms with van der Waals surface area (Å²) in [5.74, 6) is -0.850. The van der Waals surface area contributed by atoms with Crippen LogP contribution in [0.1, 0.15) is 27.9 Å². The maximum Gasteiger partial charge on any atom is 0.407 e. The molecule has 5 N–H and O–H groups in total. The third kappa shape index (κ3) is 15.9. The Labute approximate surface area is 302 Å². The van der Waals surface area contributed by atoms with E-state index in [2.05, 4.69) is 31.3 Å². The molecule has 284 valence electrons. The summed E-state index contributed by atoms with van der Waals surface area (Å²) in [5, 5.41) is 23.6. The van der Waals surface area contributed by atoms with Crippen molar-refractivity contribution in [2.45, 2.75) is 19.9 Å². The number of nitrogens with zero attached hydrogens (tertiary/aromatic N) is 4. The maximum atomic E-state index is 12.8. The maximum absolute atomic E-state index is 12.8. The van der Waals surface area contributed by atoms with Crippen LogP contribution < -0.4 is 21.3 Å². The van der Waals surface area contributed by atoms with Crippen molar-refractivity contribution in [1.82, 2.24) is 15.5 Å². The van der Waals surface area contributed by atoms with Crippen LogP contribution in [0, 0.1) is 12.8 Å². The number of carbonyl (C=O) groups is 4. The van der Waals surface area contributed by atoms with E-state index in [1.165, 1.54) is 4.90 Å². The molecule has 1 aliphatic heterocycles. The summed E-state index contributed by atoms with van der Waals surface area (Å²) in [4.78, 5) is 52.9. The van der Waals surface area contributed by atoms with Gasteiger partial charge in [-0.2, -0.15) is 0 Å². The smallest absolute Gasteiger partial charge is 0.407 e. The second kappa shape index (κ2) is 24.3. The lowest BCUT2D eigenvalue weighted by Crippen LogP contribution is -2.33. The molecule has 5 amide bonds.